The Morgan fingerprint density at radius 2 is 1.97 bits per heavy atom. The summed E-state index contributed by atoms with van der Waals surface area (Å²) in [6.45, 7) is 0.0540. The first kappa shape index (κ1) is 19.9. The molecule has 1 aliphatic carbocycles. The summed E-state index contributed by atoms with van der Waals surface area (Å²) in [7, 11) is 3.28. The molecule has 0 unspecified atom stereocenters. The molecule has 0 N–H and O–H groups in total. The van der Waals surface area contributed by atoms with Gasteiger partial charge in [0.2, 0.25) is 0 Å². The van der Waals surface area contributed by atoms with Crippen LogP contribution in [0.2, 0.25) is 0 Å². The summed E-state index contributed by atoms with van der Waals surface area (Å²) in [5, 5.41) is 0. The van der Waals surface area contributed by atoms with E-state index in [9.17, 15) is 14.4 Å². The van der Waals surface area contributed by atoms with Crippen LogP contribution in [-0.4, -0.2) is 37.9 Å². The van der Waals surface area contributed by atoms with Crippen molar-refractivity contribution in [3.63, 3.8) is 0 Å². The van der Waals surface area contributed by atoms with Crippen LogP contribution in [0.4, 0.5) is 0 Å². The molecule has 9 heteroatoms. The van der Waals surface area contributed by atoms with E-state index < -0.39 is 17.2 Å². The number of benzene rings is 1. The van der Waals surface area contributed by atoms with Crippen molar-refractivity contribution in [2.45, 2.75) is 32.2 Å². The number of aryl methyl sites for hydroxylation is 4. The summed E-state index contributed by atoms with van der Waals surface area (Å²) in [5.74, 6) is 0.171. The highest BCUT2D eigenvalue weighted by atomic mass is 16.6. The Kier molecular flexibility index (Phi) is 5.43. The number of esters is 1. The molecule has 0 saturated carbocycles. The van der Waals surface area contributed by atoms with Crippen LogP contribution >= 0.6 is 0 Å². The van der Waals surface area contributed by atoms with Gasteiger partial charge in [-0.2, -0.15) is 0 Å². The highest BCUT2D eigenvalue weighted by molar-refractivity contribution is 5.71. The van der Waals surface area contributed by atoms with Gasteiger partial charge in [-0.3, -0.25) is 13.9 Å². The third kappa shape index (κ3) is 3.74. The van der Waals surface area contributed by atoms with Gasteiger partial charge in [0.15, 0.2) is 17.8 Å². The number of fused-ring (bicyclic) bond motifs is 2. The summed E-state index contributed by atoms with van der Waals surface area (Å²) in [4.78, 5) is 41.1. The second-order valence-electron chi connectivity index (χ2n) is 7.47. The molecule has 0 spiro atoms. The van der Waals surface area contributed by atoms with Crippen molar-refractivity contribution in [1.82, 2.24) is 18.7 Å². The number of hydrogen-bond donors (Lipinski definition) is 0. The van der Waals surface area contributed by atoms with E-state index in [1.807, 2.05) is 18.2 Å². The lowest BCUT2D eigenvalue weighted by Crippen LogP contribution is -2.39. The van der Waals surface area contributed by atoms with Gasteiger partial charge in [0.25, 0.3) is 5.56 Å². The molecular formula is C21H24N4O5. The lowest BCUT2D eigenvalue weighted by Gasteiger charge is -2.10. The number of aromatic nitrogens is 4. The number of hydrogen-bond acceptors (Lipinski definition) is 6. The van der Waals surface area contributed by atoms with E-state index in [1.54, 1.807) is 18.7 Å². The van der Waals surface area contributed by atoms with Crippen LogP contribution in [0.1, 0.15) is 24.0 Å². The molecule has 2 heterocycles. The molecule has 30 heavy (non-hydrogen) atoms. The number of ether oxygens (including phenoxy) is 2. The fourth-order valence-corrected chi connectivity index (χ4v) is 3.82. The van der Waals surface area contributed by atoms with Crippen LogP contribution in [0, 0.1) is 0 Å². The molecule has 1 aliphatic rings. The molecule has 3 aromatic rings. The molecule has 9 nitrogen and oxygen atoms in total. The maximum absolute atomic E-state index is 12.6. The van der Waals surface area contributed by atoms with E-state index >= 15 is 0 Å². The third-order valence-electron chi connectivity index (χ3n) is 5.42. The minimum Gasteiger partial charge on any atom is -0.482 e. The molecule has 4 rings (SSSR count). The molecule has 1 aromatic carbocycles. The molecule has 0 atom stereocenters. The van der Waals surface area contributed by atoms with Crippen molar-refractivity contribution in [3.8, 4) is 5.75 Å². The van der Waals surface area contributed by atoms with Crippen molar-refractivity contribution in [3.05, 3.63) is 56.5 Å². The highest BCUT2D eigenvalue weighted by Gasteiger charge is 2.15. The van der Waals surface area contributed by atoms with E-state index in [2.05, 4.69) is 4.98 Å². The number of carbonyl (C=O) groups excluding carboxylic acids is 1. The van der Waals surface area contributed by atoms with Crippen molar-refractivity contribution in [1.29, 1.82) is 0 Å². The number of carbonyl (C=O) groups is 1. The van der Waals surface area contributed by atoms with Gasteiger partial charge in [0.05, 0.1) is 12.9 Å². The Hall–Kier alpha value is -3.36. The quantitative estimate of drug-likeness (QED) is 0.423. The van der Waals surface area contributed by atoms with Gasteiger partial charge in [-0.1, -0.05) is 6.07 Å². The van der Waals surface area contributed by atoms with Crippen molar-refractivity contribution in [2.75, 3.05) is 13.2 Å². The van der Waals surface area contributed by atoms with Crippen molar-refractivity contribution < 1.29 is 14.3 Å². The van der Waals surface area contributed by atoms with Gasteiger partial charge in [0, 0.05) is 20.6 Å². The van der Waals surface area contributed by atoms with E-state index in [1.165, 1.54) is 22.0 Å². The first-order chi connectivity index (χ1) is 14.5. The van der Waals surface area contributed by atoms with Gasteiger partial charge in [-0.25, -0.2) is 14.6 Å². The second-order valence-corrected chi connectivity index (χ2v) is 7.47. The normalized spacial score (nSPS) is 12.9. The SMILES string of the molecule is Cn1cnc2c1c(=O)n(CCCOC(=O)COc1ccc3c(c1)CCC3)c(=O)n2C. The summed E-state index contributed by atoms with van der Waals surface area (Å²) >= 11 is 0. The average Bonchev–Trinajstić information content (AvgIpc) is 3.36. The second kappa shape index (κ2) is 8.17. The lowest BCUT2D eigenvalue weighted by molar-refractivity contribution is -0.146. The average molecular weight is 412 g/mol. The summed E-state index contributed by atoms with van der Waals surface area (Å²) in [6, 6.07) is 5.89. The molecule has 2 aromatic heterocycles. The largest absolute Gasteiger partial charge is 0.482 e. The molecule has 0 aliphatic heterocycles. The predicted molar refractivity (Wildman–Crippen MR) is 110 cm³/mol. The van der Waals surface area contributed by atoms with Crippen LogP contribution in [0.5, 0.6) is 5.75 Å². The number of imidazole rings is 1. The fraction of sp³-hybridized carbons (Fsp3) is 0.429. The summed E-state index contributed by atoms with van der Waals surface area (Å²) < 4.78 is 14.8. The molecule has 0 bridgehead atoms. The standard InChI is InChI=1S/C21H24N4O5/c1-23-13-22-19-18(23)20(27)25(21(28)24(19)2)9-4-10-29-17(26)12-30-16-8-7-14-5-3-6-15(14)11-16/h7-8,11,13H,3-6,9-10,12H2,1-2H3. The zero-order valence-electron chi connectivity index (χ0n) is 17.1. The monoisotopic (exact) mass is 412 g/mol. The van der Waals surface area contributed by atoms with E-state index in [0.29, 0.717) is 23.3 Å². The Balaban J connectivity index is 1.30. The maximum Gasteiger partial charge on any atom is 0.344 e. The van der Waals surface area contributed by atoms with Crippen LogP contribution in [-0.2, 0) is 43.0 Å². The summed E-state index contributed by atoms with van der Waals surface area (Å²) in [6.07, 6.45) is 5.13. The van der Waals surface area contributed by atoms with Crippen LogP contribution in [0.3, 0.4) is 0 Å². The Morgan fingerprint density at radius 3 is 2.80 bits per heavy atom. The molecular weight excluding hydrogens is 388 g/mol. The van der Waals surface area contributed by atoms with E-state index in [0.717, 1.165) is 23.8 Å². The molecule has 0 saturated heterocycles. The first-order valence-electron chi connectivity index (χ1n) is 9.97. The molecule has 158 valence electrons. The number of nitrogens with zero attached hydrogens (tertiary/aromatic N) is 4. The maximum atomic E-state index is 12.6. The molecule has 0 radical (unpaired) electrons. The smallest absolute Gasteiger partial charge is 0.344 e. The van der Waals surface area contributed by atoms with Gasteiger partial charge in [-0.15, -0.1) is 0 Å². The minimum atomic E-state index is -0.488. The molecule has 0 fully saturated rings. The zero-order chi connectivity index (χ0) is 21.3. The van der Waals surface area contributed by atoms with E-state index in [-0.39, 0.29) is 19.8 Å². The minimum absolute atomic E-state index is 0.0887. The van der Waals surface area contributed by atoms with Crippen molar-refractivity contribution >= 4 is 17.1 Å². The van der Waals surface area contributed by atoms with Gasteiger partial charge >= 0.3 is 11.7 Å². The van der Waals surface area contributed by atoms with Gasteiger partial charge in [-0.05, 0) is 48.9 Å². The fourth-order valence-electron chi connectivity index (χ4n) is 3.82. The van der Waals surface area contributed by atoms with E-state index in [4.69, 9.17) is 9.47 Å². The Bertz CT molecular complexity index is 1220. The predicted octanol–water partition coefficient (Wildman–Crippen LogP) is 0.935. The van der Waals surface area contributed by atoms with Gasteiger partial charge < -0.3 is 14.0 Å². The number of rotatable bonds is 7. The Labute approximate surface area is 172 Å². The first-order valence-corrected chi connectivity index (χ1v) is 9.97. The van der Waals surface area contributed by atoms with Crippen molar-refractivity contribution in [2.24, 2.45) is 14.1 Å². The zero-order valence-corrected chi connectivity index (χ0v) is 17.1. The third-order valence-corrected chi connectivity index (χ3v) is 5.42. The van der Waals surface area contributed by atoms with Crippen LogP contribution < -0.4 is 16.0 Å². The van der Waals surface area contributed by atoms with Crippen LogP contribution in [0.15, 0.2) is 34.1 Å². The topological polar surface area (TPSA) is 97.4 Å². The lowest BCUT2D eigenvalue weighted by atomic mass is 10.1. The Morgan fingerprint density at radius 1 is 1.17 bits per heavy atom. The highest BCUT2D eigenvalue weighted by Crippen LogP contribution is 2.25. The summed E-state index contributed by atoms with van der Waals surface area (Å²) in [5.41, 5.74) is 2.47. The van der Waals surface area contributed by atoms with Crippen LogP contribution in [0.25, 0.3) is 11.2 Å². The molecule has 0 amide bonds. The van der Waals surface area contributed by atoms with Gasteiger partial charge in [0.1, 0.15) is 5.75 Å².